The van der Waals surface area contributed by atoms with Gasteiger partial charge in [-0.05, 0) is 42.2 Å². The maximum Gasteiger partial charge on any atom is 0.251 e. The first-order valence-electron chi connectivity index (χ1n) is 13.0. The number of carbonyl (C=O) groups is 2. The predicted molar refractivity (Wildman–Crippen MR) is 165 cm³/mol. The molecule has 2 aromatic carbocycles. The molecule has 0 aliphatic carbocycles. The van der Waals surface area contributed by atoms with Crippen molar-refractivity contribution in [2.24, 2.45) is 0 Å². The van der Waals surface area contributed by atoms with Crippen LogP contribution in [0.3, 0.4) is 0 Å². The minimum Gasteiger partial charge on any atom is -0.345 e. The molecule has 0 unspecified atom stereocenters. The molecule has 16 heteroatoms. The zero-order valence-corrected chi connectivity index (χ0v) is 26.4. The summed E-state index contributed by atoms with van der Waals surface area (Å²) in [4.78, 5) is 25.6. The molecule has 0 atom stereocenters. The van der Waals surface area contributed by atoms with E-state index in [1.165, 1.54) is 51.7 Å². The number of rotatable bonds is 14. The summed E-state index contributed by atoms with van der Waals surface area (Å²) in [6.07, 6.45) is 0. The summed E-state index contributed by atoms with van der Waals surface area (Å²) in [7, 11) is -3.62. The monoisotopic (exact) mass is 646 g/mol. The molecule has 222 valence electrons. The van der Waals surface area contributed by atoms with Crippen molar-refractivity contribution in [2.45, 2.75) is 41.7 Å². The Bertz CT molecular complexity index is 1600. The normalized spacial score (nSPS) is 11.5. The third-order valence-corrected chi connectivity index (χ3v) is 10.7. The summed E-state index contributed by atoms with van der Waals surface area (Å²) in [5.74, 6) is 0.743. The number of nitrogens with zero attached hydrogens (tertiary/aromatic N) is 6. The maximum absolute atomic E-state index is 12.9. The lowest BCUT2D eigenvalue weighted by Gasteiger charge is -2.18. The summed E-state index contributed by atoms with van der Waals surface area (Å²) in [6, 6.07) is 15.2. The molecule has 0 bridgehead atoms. The molecule has 2 N–H and O–H groups in total. The van der Waals surface area contributed by atoms with Crippen molar-refractivity contribution in [3.63, 3.8) is 0 Å². The second-order valence-corrected chi connectivity index (χ2v) is 13.9. The lowest BCUT2D eigenvalue weighted by atomic mass is 10.2. The number of nitrogens with one attached hydrogen (secondary N) is 2. The van der Waals surface area contributed by atoms with Crippen molar-refractivity contribution in [1.29, 1.82) is 0 Å². The van der Waals surface area contributed by atoms with Gasteiger partial charge in [0, 0.05) is 24.3 Å². The molecule has 0 saturated heterocycles. The third-order valence-electron chi connectivity index (χ3n) is 5.83. The van der Waals surface area contributed by atoms with Gasteiger partial charge in [-0.2, -0.15) is 4.31 Å². The molecule has 2 aromatic heterocycles. The van der Waals surface area contributed by atoms with Gasteiger partial charge in [-0.25, -0.2) is 8.42 Å². The lowest BCUT2D eigenvalue weighted by molar-refractivity contribution is -0.113. The van der Waals surface area contributed by atoms with Gasteiger partial charge in [0.05, 0.1) is 17.2 Å². The second-order valence-electron chi connectivity index (χ2n) is 8.51. The van der Waals surface area contributed by atoms with Gasteiger partial charge in [0.1, 0.15) is 0 Å². The van der Waals surface area contributed by atoms with Crippen LogP contribution >= 0.6 is 34.9 Å². The van der Waals surface area contributed by atoms with E-state index >= 15 is 0 Å². The van der Waals surface area contributed by atoms with Gasteiger partial charge in [0.15, 0.2) is 15.3 Å². The van der Waals surface area contributed by atoms with Crippen molar-refractivity contribution in [3.05, 3.63) is 66.0 Å². The quantitative estimate of drug-likeness (QED) is 0.152. The third kappa shape index (κ3) is 7.74. The Morgan fingerprint density at radius 2 is 1.64 bits per heavy atom. The van der Waals surface area contributed by atoms with Gasteiger partial charge in [-0.1, -0.05) is 73.8 Å². The van der Waals surface area contributed by atoms with Crippen LogP contribution in [0.15, 0.2) is 69.0 Å². The van der Waals surface area contributed by atoms with Crippen LogP contribution in [-0.2, 0) is 21.4 Å². The van der Waals surface area contributed by atoms with Crippen molar-refractivity contribution in [2.75, 3.05) is 29.9 Å². The summed E-state index contributed by atoms with van der Waals surface area (Å²) in [6.45, 7) is 6.34. The number of aromatic nitrogens is 5. The molecule has 2 amide bonds. The van der Waals surface area contributed by atoms with Crippen LogP contribution in [0.2, 0.25) is 0 Å². The van der Waals surface area contributed by atoms with E-state index in [0.29, 0.717) is 34.8 Å². The average Bonchev–Trinajstić information content (AvgIpc) is 3.62. The molecular formula is C26H30N8O4S4. The van der Waals surface area contributed by atoms with E-state index in [2.05, 4.69) is 31.0 Å². The van der Waals surface area contributed by atoms with E-state index in [-0.39, 0.29) is 23.1 Å². The number of hydrogen-bond donors (Lipinski definition) is 2. The summed E-state index contributed by atoms with van der Waals surface area (Å²) < 4.78 is 29.4. The number of thioether (sulfide) groups is 2. The number of para-hydroxylation sites is 1. The molecule has 4 aromatic rings. The topological polar surface area (TPSA) is 152 Å². The van der Waals surface area contributed by atoms with E-state index in [4.69, 9.17) is 0 Å². The van der Waals surface area contributed by atoms with E-state index in [1.54, 1.807) is 30.2 Å². The molecule has 0 radical (unpaired) electrons. The number of hydrogen-bond acceptors (Lipinski definition) is 11. The molecule has 0 spiro atoms. The SMILES string of the molecule is CCSc1nnc(NC(=O)CSc2nnc(CNC(=O)c3ccc(S(=O)(=O)N(CC)CC)cc3)n2-c2ccccc2)s1. The Hall–Kier alpha value is -3.31. The number of sulfonamides is 1. The van der Waals surface area contributed by atoms with E-state index in [1.807, 2.05) is 37.3 Å². The fourth-order valence-electron chi connectivity index (χ4n) is 3.82. The highest BCUT2D eigenvalue weighted by Gasteiger charge is 2.22. The summed E-state index contributed by atoms with van der Waals surface area (Å²) >= 11 is 4.08. The van der Waals surface area contributed by atoms with Crippen LogP contribution in [0.1, 0.15) is 37.0 Å². The zero-order valence-electron chi connectivity index (χ0n) is 23.2. The van der Waals surface area contributed by atoms with Crippen molar-refractivity contribution >= 4 is 61.8 Å². The molecule has 12 nitrogen and oxygen atoms in total. The summed E-state index contributed by atoms with van der Waals surface area (Å²) in [5, 5.41) is 23.1. The molecule has 42 heavy (non-hydrogen) atoms. The molecule has 0 fully saturated rings. The standard InChI is InChI=1S/C26H30N8O4S4/c1-4-33(5-2)42(37,38)20-14-12-18(13-15-20)23(36)27-16-21-29-31-25(34(21)19-10-8-7-9-11-19)40-17-22(35)28-24-30-32-26(41-24)39-6-3/h7-15H,4-6,16-17H2,1-3H3,(H,27,36)(H,28,30,35). The molecule has 0 saturated carbocycles. The molecule has 0 aliphatic rings. The predicted octanol–water partition coefficient (Wildman–Crippen LogP) is 3.92. The summed E-state index contributed by atoms with van der Waals surface area (Å²) in [5.41, 5.74) is 1.08. The van der Waals surface area contributed by atoms with Gasteiger partial charge < -0.3 is 5.32 Å². The number of benzene rings is 2. The van der Waals surface area contributed by atoms with Gasteiger partial charge in [0.25, 0.3) is 5.91 Å². The second kappa shape index (κ2) is 14.7. The minimum absolute atomic E-state index is 0.0512. The van der Waals surface area contributed by atoms with Crippen LogP contribution in [0.4, 0.5) is 5.13 Å². The molecule has 0 aliphatic heterocycles. The van der Waals surface area contributed by atoms with E-state index in [0.717, 1.165) is 15.8 Å². The van der Waals surface area contributed by atoms with Crippen LogP contribution in [-0.4, -0.2) is 74.1 Å². The Labute approximate surface area is 256 Å². The smallest absolute Gasteiger partial charge is 0.251 e. The van der Waals surface area contributed by atoms with E-state index in [9.17, 15) is 18.0 Å². The first-order chi connectivity index (χ1) is 20.3. The highest BCUT2D eigenvalue weighted by atomic mass is 32.2. The number of anilines is 1. The average molecular weight is 647 g/mol. The highest BCUT2D eigenvalue weighted by Crippen LogP contribution is 2.26. The van der Waals surface area contributed by atoms with Crippen LogP contribution < -0.4 is 10.6 Å². The first-order valence-corrected chi connectivity index (χ1v) is 17.3. The Morgan fingerprint density at radius 3 is 2.31 bits per heavy atom. The van der Waals surface area contributed by atoms with Gasteiger partial charge in [-0.3, -0.25) is 19.5 Å². The van der Waals surface area contributed by atoms with Crippen molar-refractivity contribution in [1.82, 2.24) is 34.6 Å². The van der Waals surface area contributed by atoms with Crippen LogP contribution in [0.5, 0.6) is 0 Å². The van der Waals surface area contributed by atoms with E-state index < -0.39 is 15.9 Å². The van der Waals surface area contributed by atoms with Crippen molar-refractivity contribution < 1.29 is 18.0 Å². The minimum atomic E-state index is -3.62. The van der Waals surface area contributed by atoms with Crippen LogP contribution in [0.25, 0.3) is 5.69 Å². The maximum atomic E-state index is 12.9. The van der Waals surface area contributed by atoms with Crippen molar-refractivity contribution in [3.8, 4) is 5.69 Å². The molecule has 4 rings (SSSR count). The largest absolute Gasteiger partial charge is 0.345 e. The van der Waals surface area contributed by atoms with Crippen LogP contribution in [0, 0.1) is 0 Å². The van der Waals surface area contributed by atoms with Gasteiger partial charge in [0.2, 0.25) is 21.1 Å². The molecular weight excluding hydrogens is 617 g/mol. The zero-order chi connectivity index (χ0) is 30.1. The Morgan fingerprint density at radius 1 is 0.929 bits per heavy atom. The van der Waals surface area contributed by atoms with Gasteiger partial charge in [-0.15, -0.1) is 20.4 Å². The lowest BCUT2D eigenvalue weighted by Crippen LogP contribution is -2.30. The highest BCUT2D eigenvalue weighted by molar-refractivity contribution is 8.01. The fraction of sp³-hybridized carbons (Fsp3) is 0.308. The fourth-order valence-corrected chi connectivity index (χ4v) is 7.72. The number of carbonyl (C=O) groups excluding carboxylic acids is 2. The van der Waals surface area contributed by atoms with Gasteiger partial charge >= 0.3 is 0 Å². The Kier molecular flexibility index (Phi) is 11.1. The number of amides is 2. The Balaban J connectivity index is 1.44. The molecule has 2 heterocycles. The first kappa shape index (κ1) is 31.6.